The van der Waals surface area contributed by atoms with E-state index in [2.05, 4.69) is 5.32 Å². The molecule has 6 N–H and O–H groups in total. The number of amides is 1. The van der Waals surface area contributed by atoms with Gasteiger partial charge in [-0.2, -0.15) is 0 Å². The number of phenols is 4. The van der Waals surface area contributed by atoms with Crippen molar-refractivity contribution in [2.24, 2.45) is 0 Å². The molecule has 0 spiro atoms. The zero-order chi connectivity index (χ0) is 25.5. The SMILES string of the molecule is COC(=O)[C@@H](NC(=O)C[C@H](c1ccc(O)c(O)c1)c1cc(O)c(O)cc1CCO)c1ccccc1. The number of nitrogens with one attached hydrogen (secondary N) is 1. The minimum atomic E-state index is -1.06. The number of aliphatic hydroxyl groups is 1. The Morgan fingerprint density at radius 3 is 2.14 bits per heavy atom. The third-order valence-corrected chi connectivity index (χ3v) is 5.66. The highest BCUT2D eigenvalue weighted by molar-refractivity contribution is 5.86. The maximum atomic E-state index is 13.2. The molecule has 0 fully saturated rings. The number of hydrogen-bond donors (Lipinski definition) is 6. The molecule has 0 bridgehead atoms. The molecule has 9 nitrogen and oxygen atoms in total. The van der Waals surface area contributed by atoms with Crippen LogP contribution >= 0.6 is 0 Å². The summed E-state index contributed by atoms with van der Waals surface area (Å²) in [5.41, 5.74) is 1.84. The lowest BCUT2D eigenvalue weighted by atomic mass is 9.84. The van der Waals surface area contributed by atoms with Gasteiger partial charge >= 0.3 is 5.97 Å². The lowest BCUT2D eigenvalue weighted by Crippen LogP contribution is -2.35. The standard InChI is InChI=1S/C26H27NO8/c1-35-26(34)25(15-5-3-2-4-6-15)27-24(33)14-19(16-7-8-20(29)21(30)11-16)18-13-23(32)22(31)12-17(18)9-10-28/h2-8,11-13,19,25,28-32H,9-10,14H2,1H3,(H,27,33)/t19-,25+/m1/s1. The van der Waals surface area contributed by atoms with E-state index >= 15 is 0 Å². The fourth-order valence-electron chi connectivity index (χ4n) is 3.91. The fourth-order valence-corrected chi connectivity index (χ4v) is 3.91. The van der Waals surface area contributed by atoms with Crippen LogP contribution in [0.2, 0.25) is 0 Å². The summed E-state index contributed by atoms with van der Waals surface area (Å²) in [5.74, 6) is -3.54. The van der Waals surface area contributed by atoms with Crippen LogP contribution in [-0.4, -0.2) is 51.1 Å². The van der Waals surface area contributed by atoms with Crippen LogP contribution in [0.4, 0.5) is 0 Å². The number of carbonyl (C=O) groups excluding carboxylic acids is 2. The first-order valence-corrected chi connectivity index (χ1v) is 10.8. The van der Waals surface area contributed by atoms with E-state index in [0.29, 0.717) is 22.3 Å². The van der Waals surface area contributed by atoms with Gasteiger partial charge in [0.15, 0.2) is 29.0 Å². The van der Waals surface area contributed by atoms with Crippen molar-refractivity contribution in [3.63, 3.8) is 0 Å². The summed E-state index contributed by atoms with van der Waals surface area (Å²) in [4.78, 5) is 25.6. The van der Waals surface area contributed by atoms with E-state index in [1.54, 1.807) is 30.3 Å². The first-order valence-electron chi connectivity index (χ1n) is 10.8. The average Bonchev–Trinajstić information content (AvgIpc) is 2.85. The molecule has 0 radical (unpaired) electrons. The van der Waals surface area contributed by atoms with Gasteiger partial charge < -0.3 is 35.6 Å². The maximum Gasteiger partial charge on any atom is 0.333 e. The molecule has 0 heterocycles. The van der Waals surface area contributed by atoms with Crippen molar-refractivity contribution >= 4 is 11.9 Å². The summed E-state index contributed by atoms with van der Waals surface area (Å²) >= 11 is 0. The van der Waals surface area contributed by atoms with Crippen molar-refractivity contribution in [3.05, 3.63) is 82.9 Å². The Morgan fingerprint density at radius 2 is 1.51 bits per heavy atom. The van der Waals surface area contributed by atoms with Crippen molar-refractivity contribution in [2.45, 2.75) is 24.8 Å². The highest BCUT2D eigenvalue weighted by atomic mass is 16.5. The van der Waals surface area contributed by atoms with Gasteiger partial charge in [-0.3, -0.25) is 4.79 Å². The van der Waals surface area contributed by atoms with Crippen LogP contribution in [0.25, 0.3) is 0 Å². The Labute approximate surface area is 201 Å². The largest absolute Gasteiger partial charge is 0.504 e. The first-order chi connectivity index (χ1) is 16.7. The van der Waals surface area contributed by atoms with Crippen molar-refractivity contribution in [1.29, 1.82) is 0 Å². The Kier molecular flexibility index (Phi) is 8.17. The molecule has 184 valence electrons. The van der Waals surface area contributed by atoms with Crippen molar-refractivity contribution in [2.75, 3.05) is 13.7 Å². The molecule has 0 unspecified atom stereocenters. The van der Waals surface area contributed by atoms with Gasteiger partial charge in [-0.25, -0.2) is 4.79 Å². The van der Waals surface area contributed by atoms with Gasteiger partial charge in [0.2, 0.25) is 5.91 Å². The molecule has 35 heavy (non-hydrogen) atoms. The topological polar surface area (TPSA) is 157 Å². The van der Waals surface area contributed by atoms with E-state index in [1.165, 1.54) is 37.4 Å². The second-order valence-electron chi connectivity index (χ2n) is 7.95. The summed E-state index contributed by atoms with van der Waals surface area (Å²) in [6.45, 7) is -0.255. The molecule has 0 aliphatic rings. The zero-order valence-electron chi connectivity index (χ0n) is 19.0. The summed E-state index contributed by atoms with van der Waals surface area (Å²) < 4.78 is 4.85. The quantitative estimate of drug-likeness (QED) is 0.201. The monoisotopic (exact) mass is 481 g/mol. The molecule has 3 aromatic carbocycles. The van der Waals surface area contributed by atoms with E-state index in [0.717, 1.165) is 0 Å². The highest BCUT2D eigenvalue weighted by Gasteiger charge is 2.28. The van der Waals surface area contributed by atoms with E-state index in [1.807, 2.05) is 0 Å². The van der Waals surface area contributed by atoms with Gasteiger partial charge in [-0.15, -0.1) is 0 Å². The molecule has 0 saturated heterocycles. The number of aromatic hydroxyl groups is 4. The summed E-state index contributed by atoms with van der Waals surface area (Å²) in [5, 5.41) is 52.1. The van der Waals surface area contributed by atoms with Crippen LogP contribution in [0, 0.1) is 0 Å². The van der Waals surface area contributed by atoms with Crippen molar-refractivity contribution in [1.82, 2.24) is 5.32 Å². The lowest BCUT2D eigenvalue weighted by Gasteiger charge is -2.23. The molecule has 1 amide bonds. The molecule has 3 rings (SSSR count). The number of hydrogen-bond acceptors (Lipinski definition) is 8. The number of phenolic OH excluding ortho intramolecular Hbond substituents is 4. The molecular formula is C26H27NO8. The Morgan fingerprint density at radius 1 is 0.857 bits per heavy atom. The fraction of sp³-hybridized carbons (Fsp3) is 0.231. The Hall–Kier alpha value is -4.24. The van der Waals surface area contributed by atoms with Crippen LogP contribution in [0.1, 0.15) is 40.6 Å². The third kappa shape index (κ3) is 6.01. The van der Waals surface area contributed by atoms with Crippen molar-refractivity contribution < 1.29 is 39.9 Å². The zero-order valence-corrected chi connectivity index (χ0v) is 19.0. The maximum absolute atomic E-state index is 13.2. The third-order valence-electron chi connectivity index (χ3n) is 5.66. The molecule has 9 heteroatoms. The molecule has 0 aliphatic heterocycles. The van der Waals surface area contributed by atoms with Crippen LogP contribution in [0.15, 0.2) is 60.7 Å². The number of esters is 1. The first kappa shape index (κ1) is 25.4. The minimum absolute atomic E-state index is 0.125. The second kappa shape index (κ2) is 11.3. The number of ether oxygens (including phenoxy) is 1. The smallest absolute Gasteiger partial charge is 0.333 e. The number of rotatable bonds is 9. The van der Waals surface area contributed by atoms with Crippen LogP contribution < -0.4 is 5.32 Å². The van der Waals surface area contributed by atoms with Crippen LogP contribution in [0.5, 0.6) is 23.0 Å². The van der Waals surface area contributed by atoms with Crippen molar-refractivity contribution in [3.8, 4) is 23.0 Å². The Bertz CT molecular complexity index is 1200. The van der Waals surface area contributed by atoms with E-state index in [9.17, 15) is 35.1 Å². The predicted octanol–water partition coefficient (Wildman–Crippen LogP) is 2.60. The number of benzene rings is 3. The van der Waals surface area contributed by atoms with E-state index < -0.39 is 35.3 Å². The molecular weight excluding hydrogens is 454 g/mol. The summed E-state index contributed by atoms with van der Waals surface area (Å²) in [7, 11) is 1.22. The van der Waals surface area contributed by atoms with Gasteiger partial charge in [0.05, 0.1) is 7.11 Å². The molecule has 0 aromatic heterocycles. The summed E-state index contributed by atoms with van der Waals surface area (Å²) in [6, 6.07) is 14.2. The molecule has 2 atom stereocenters. The number of methoxy groups -OCH3 is 1. The predicted molar refractivity (Wildman–Crippen MR) is 126 cm³/mol. The molecule has 0 aliphatic carbocycles. The number of carbonyl (C=O) groups is 2. The van der Waals surface area contributed by atoms with E-state index in [-0.39, 0.29) is 30.9 Å². The highest BCUT2D eigenvalue weighted by Crippen LogP contribution is 2.39. The molecule has 3 aromatic rings. The average molecular weight is 482 g/mol. The van der Waals surface area contributed by atoms with Gasteiger partial charge in [-0.1, -0.05) is 36.4 Å². The van der Waals surface area contributed by atoms with Gasteiger partial charge in [0.1, 0.15) is 0 Å². The molecule has 0 saturated carbocycles. The summed E-state index contributed by atoms with van der Waals surface area (Å²) in [6.07, 6.45) is -0.104. The normalized spacial score (nSPS) is 12.5. The van der Waals surface area contributed by atoms with E-state index in [4.69, 9.17) is 4.74 Å². The van der Waals surface area contributed by atoms with Gasteiger partial charge in [0.25, 0.3) is 0 Å². The van der Waals surface area contributed by atoms with Gasteiger partial charge in [0, 0.05) is 18.9 Å². The van der Waals surface area contributed by atoms with Crippen LogP contribution in [-0.2, 0) is 20.7 Å². The second-order valence-corrected chi connectivity index (χ2v) is 7.95. The van der Waals surface area contributed by atoms with Crippen LogP contribution in [0.3, 0.4) is 0 Å². The minimum Gasteiger partial charge on any atom is -0.504 e. The van der Waals surface area contributed by atoms with Gasteiger partial charge in [-0.05, 0) is 52.9 Å². The number of aliphatic hydroxyl groups excluding tert-OH is 1. The lowest BCUT2D eigenvalue weighted by molar-refractivity contribution is -0.145. The Balaban J connectivity index is 2.02.